The third-order valence-electron chi connectivity index (χ3n) is 2.21. The molecule has 90 valence electrons. The minimum absolute atomic E-state index is 0.0683. The molecule has 16 heavy (non-hydrogen) atoms. The van der Waals surface area contributed by atoms with E-state index in [1.165, 1.54) is 31.2 Å². The molecule has 0 radical (unpaired) electrons. The number of alkyl halides is 1. The molecule has 0 aliphatic heterocycles. The van der Waals surface area contributed by atoms with Gasteiger partial charge in [-0.15, -0.1) is 0 Å². The Morgan fingerprint density at radius 1 is 1.38 bits per heavy atom. The summed E-state index contributed by atoms with van der Waals surface area (Å²) in [6, 6.07) is 5.08. The normalized spacial score (nSPS) is 15.8. The molecule has 0 fully saturated rings. The van der Waals surface area contributed by atoms with Crippen LogP contribution in [0.2, 0.25) is 0 Å². The zero-order valence-electron chi connectivity index (χ0n) is 8.60. The minimum atomic E-state index is -3.38. The maximum atomic E-state index is 12.6. The summed E-state index contributed by atoms with van der Waals surface area (Å²) < 4.78 is 34.6. The van der Waals surface area contributed by atoms with Crippen molar-refractivity contribution in [3.63, 3.8) is 0 Å². The Labute approximate surface area is 102 Å². The average molecular weight is 311 g/mol. The summed E-state index contributed by atoms with van der Waals surface area (Å²) in [5.74, 6) is -0.498. The fraction of sp³-hybridized carbons (Fsp3) is 0.400. The summed E-state index contributed by atoms with van der Waals surface area (Å²) in [7, 11) is -3.38. The van der Waals surface area contributed by atoms with Gasteiger partial charge in [0.15, 0.2) is 9.84 Å². The monoisotopic (exact) mass is 310 g/mol. The molecule has 0 saturated heterocycles. The van der Waals surface area contributed by atoms with E-state index in [4.69, 9.17) is 0 Å². The Bertz CT molecular complexity index is 444. The van der Waals surface area contributed by atoms with Crippen LogP contribution in [0.15, 0.2) is 24.3 Å². The third-order valence-corrected chi connectivity index (χ3v) is 6.16. The second-order valence-corrected chi connectivity index (χ2v) is 7.30. The van der Waals surface area contributed by atoms with E-state index >= 15 is 0 Å². The van der Waals surface area contributed by atoms with Crippen molar-refractivity contribution in [1.29, 1.82) is 0 Å². The van der Waals surface area contributed by atoms with Crippen LogP contribution in [0.5, 0.6) is 0 Å². The molecule has 0 bridgehead atoms. The third kappa shape index (κ3) is 3.02. The van der Waals surface area contributed by atoms with E-state index in [9.17, 15) is 17.9 Å². The highest BCUT2D eigenvalue weighted by Crippen LogP contribution is 2.27. The second kappa shape index (κ2) is 5.25. The van der Waals surface area contributed by atoms with Gasteiger partial charge < -0.3 is 5.11 Å². The van der Waals surface area contributed by atoms with Crippen molar-refractivity contribution >= 4 is 25.8 Å². The lowest BCUT2D eigenvalue weighted by Crippen LogP contribution is -2.24. The molecule has 3 nitrogen and oxygen atoms in total. The van der Waals surface area contributed by atoms with Gasteiger partial charge in [-0.3, -0.25) is 0 Å². The van der Waals surface area contributed by atoms with E-state index in [1.54, 1.807) is 0 Å². The molecule has 0 spiro atoms. The number of aliphatic hydroxyl groups is 1. The molecule has 1 aromatic carbocycles. The van der Waals surface area contributed by atoms with Gasteiger partial charge in [0, 0.05) is 5.75 Å². The predicted molar refractivity (Wildman–Crippen MR) is 63.5 cm³/mol. The highest BCUT2D eigenvalue weighted by molar-refractivity contribution is 9.11. The second-order valence-electron chi connectivity index (χ2n) is 3.30. The van der Waals surface area contributed by atoms with Gasteiger partial charge in [-0.05, 0) is 17.7 Å². The molecular formula is C10H12BrFO3S. The molecule has 1 aromatic rings. The molecule has 1 rings (SSSR count). The van der Waals surface area contributed by atoms with Crippen LogP contribution < -0.4 is 0 Å². The van der Waals surface area contributed by atoms with Gasteiger partial charge in [-0.1, -0.05) is 35.0 Å². The molecular weight excluding hydrogens is 299 g/mol. The average Bonchev–Trinajstić information content (AvgIpc) is 2.28. The predicted octanol–water partition coefficient (Wildman–Crippen LogP) is 2.01. The van der Waals surface area contributed by atoms with Gasteiger partial charge >= 0.3 is 0 Å². The molecule has 0 aromatic heterocycles. The van der Waals surface area contributed by atoms with Gasteiger partial charge in [-0.25, -0.2) is 12.8 Å². The smallest absolute Gasteiger partial charge is 0.165 e. The van der Waals surface area contributed by atoms with Gasteiger partial charge in [0.2, 0.25) is 0 Å². The Hall–Kier alpha value is -0.460. The summed E-state index contributed by atoms with van der Waals surface area (Å²) in [5, 5.41) is 9.80. The van der Waals surface area contributed by atoms with Crippen LogP contribution in [0.4, 0.5) is 4.39 Å². The number of hydrogen-bond donors (Lipinski definition) is 1. The zero-order chi connectivity index (χ0) is 12.3. The van der Waals surface area contributed by atoms with Crippen LogP contribution in [-0.4, -0.2) is 23.4 Å². The van der Waals surface area contributed by atoms with Gasteiger partial charge in [0.1, 0.15) is 16.1 Å². The summed E-state index contributed by atoms with van der Waals surface area (Å²) in [4.78, 5) is 0. The summed E-state index contributed by atoms with van der Waals surface area (Å²) in [5.41, 5.74) is 0.361. The fourth-order valence-corrected chi connectivity index (χ4v) is 3.13. The van der Waals surface area contributed by atoms with Crippen LogP contribution >= 0.6 is 15.9 Å². The molecule has 2 atom stereocenters. The van der Waals surface area contributed by atoms with E-state index in [1.807, 2.05) is 0 Å². The van der Waals surface area contributed by atoms with Crippen LogP contribution in [0.25, 0.3) is 0 Å². The number of hydrogen-bond acceptors (Lipinski definition) is 3. The Morgan fingerprint density at radius 3 is 2.31 bits per heavy atom. The Balaban J connectivity index is 2.94. The molecule has 6 heteroatoms. The number of aliphatic hydroxyl groups excluding tert-OH is 1. The Kier molecular flexibility index (Phi) is 4.46. The first-order valence-corrected chi connectivity index (χ1v) is 7.30. The quantitative estimate of drug-likeness (QED) is 0.866. The Morgan fingerprint density at radius 2 is 1.88 bits per heavy atom. The largest absolute Gasteiger partial charge is 0.386 e. The fourth-order valence-electron chi connectivity index (χ4n) is 1.17. The maximum absolute atomic E-state index is 12.6. The van der Waals surface area contributed by atoms with Crippen molar-refractivity contribution in [2.75, 3.05) is 5.75 Å². The van der Waals surface area contributed by atoms with E-state index in [2.05, 4.69) is 15.9 Å². The SMILES string of the molecule is CCS(=O)(=O)[C@@H](Br)[C@@H](O)c1ccc(F)cc1. The van der Waals surface area contributed by atoms with Gasteiger partial charge in [0.05, 0.1) is 0 Å². The lowest BCUT2D eigenvalue weighted by molar-refractivity contribution is 0.195. The van der Waals surface area contributed by atoms with Crippen LogP contribution in [0, 0.1) is 5.82 Å². The lowest BCUT2D eigenvalue weighted by atomic mass is 10.1. The summed E-state index contributed by atoms with van der Waals surface area (Å²) in [6.45, 7) is 1.50. The van der Waals surface area contributed by atoms with Crippen LogP contribution in [0.1, 0.15) is 18.6 Å². The number of halogens is 2. The lowest BCUT2D eigenvalue weighted by Gasteiger charge is -2.17. The first kappa shape index (κ1) is 13.6. The first-order chi connectivity index (χ1) is 7.38. The maximum Gasteiger partial charge on any atom is 0.165 e. The molecule has 0 heterocycles. The van der Waals surface area contributed by atoms with Crippen molar-refractivity contribution in [2.45, 2.75) is 17.2 Å². The topological polar surface area (TPSA) is 54.4 Å². The van der Waals surface area contributed by atoms with E-state index < -0.39 is 25.9 Å². The molecule has 0 aliphatic rings. The van der Waals surface area contributed by atoms with E-state index in [0.717, 1.165) is 0 Å². The van der Waals surface area contributed by atoms with Crippen molar-refractivity contribution < 1.29 is 17.9 Å². The standard InChI is InChI=1S/C10H12BrFO3S/c1-2-16(14,15)10(11)9(13)7-3-5-8(12)6-4-7/h3-6,9-10,13H,2H2,1H3/t9-,10+/m0/s1. The first-order valence-electron chi connectivity index (χ1n) is 4.67. The molecule has 0 unspecified atom stereocenters. The number of benzene rings is 1. The van der Waals surface area contributed by atoms with Gasteiger partial charge in [0.25, 0.3) is 0 Å². The number of sulfone groups is 1. The minimum Gasteiger partial charge on any atom is -0.386 e. The summed E-state index contributed by atoms with van der Waals surface area (Å²) in [6.07, 6.45) is -1.20. The van der Waals surface area contributed by atoms with Crippen molar-refractivity contribution in [1.82, 2.24) is 0 Å². The van der Waals surface area contributed by atoms with E-state index in [-0.39, 0.29) is 5.75 Å². The summed E-state index contributed by atoms with van der Waals surface area (Å²) >= 11 is 2.95. The molecule has 0 saturated carbocycles. The number of rotatable bonds is 4. The zero-order valence-corrected chi connectivity index (χ0v) is 11.0. The molecule has 0 aliphatic carbocycles. The molecule has 0 amide bonds. The van der Waals surface area contributed by atoms with Crippen LogP contribution in [0.3, 0.4) is 0 Å². The molecule has 1 N–H and O–H groups in total. The highest BCUT2D eigenvalue weighted by atomic mass is 79.9. The van der Waals surface area contributed by atoms with Crippen molar-refractivity contribution in [3.05, 3.63) is 35.6 Å². The van der Waals surface area contributed by atoms with Crippen molar-refractivity contribution in [3.8, 4) is 0 Å². The van der Waals surface area contributed by atoms with Gasteiger partial charge in [-0.2, -0.15) is 0 Å². The highest BCUT2D eigenvalue weighted by Gasteiger charge is 2.29. The van der Waals surface area contributed by atoms with Crippen molar-refractivity contribution in [2.24, 2.45) is 0 Å². The van der Waals surface area contributed by atoms with E-state index in [0.29, 0.717) is 5.56 Å². The van der Waals surface area contributed by atoms with Crippen LogP contribution in [-0.2, 0) is 9.84 Å².